The van der Waals surface area contributed by atoms with Gasteiger partial charge in [-0.25, -0.2) is 9.67 Å². The summed E-state index contributed by atoms with van der Waals surface area (Å²) in [5.41, 5.74) is 1.19. The van der Waals surface area contributed by atoms with Crippen LogP contribution >= 0.6 is 0 Å². The summed E-state index contributed by atoms with van der Waals surface area (Å²) < 4.78 is 1.63. The largest absolute Gasteiger partial charge is 0.306 e. The molecule has 1 N–H and O–H groups in total. The summed E-state index contributed by atoms with van der Waals surface area (Å²) in [6.07, 6.45) is 2.33. The molecule has 1 saturated heterocycles. The topological polar surface area (TPSA) is 100 Å². The average Bonchev–Trinajstić information content (AvgIpc) is 3.35. The predicted octanol–water partition coefficient (Wildman–Crippen LogP) is 2.26. The fourth-order valence-electron chi connectivity index (χ4n) is 4.45. The first-order valence-electron chi connectivity index (χ1n) is 10.4. The van der Waals surface area contributed by atoms with Gasteiger partial charge in [0.25, 0.3) is 5.91 Å². The van der Waals surface area contributed by atoms with E-state index in [2.05, 4.69) is 15.4 Å². The highest BCUT2D eigenvalue weighted by atomic mass is 16.2. The Bertz CT molecular complexity index is 1210. The highest BCUT2D eigenvalue weighted by molar-refractivity contribution is 6.11. The first kappa shape index (κ1) is 19.9. The Kier molecular flexibility index (Phi) is 4.73. The Balaban J connectivity index is 1.33. The maximum absolute atomic E-state index is 13.2. The number of benzene rings is 2. The molecule has 0 radical (unpaired) electrons. The van der Waals surface area contributed by atoms with Gasteiger partial charge in [-0.15, -0.1) is 5.10 Å². The Morgan fingerprint density at radius 1 is 1.09 bits per heavy atom. The molecule has 3 amide bonds. The number of carbonyl (C=O) groups is 3. The van der Waals surface area contributed by atoms with Gasteiger partial charge in [0.1, 0.15) is 18.5 Å². The maximum Gasteiger partial charge on any atom is 0.258 e. The zero-order chi connectivity index (χ0) is 22.3. The van der Waals surface area contributed by atoms with Crippen molar-refractivity contribution in [3.05, 3.63) is 72.1 Å². The van der Waals surface area contributed by atoms with Gasteiger partial charge in [0.2, 0.25) is 17.8 Å². The van der Waals surface area contributed by atoms with Gasteiger partial charge in [-0.05, 0) is 31.0 Å². The van der Waals surface area contributed by atoms with E-state index in [1.807, 2.05) is 37.3 Å². The molecule has 1 unspecified atom stereocenters. The number of amides is 3. The second kappa shape index (κ2) is 7.60. The molecule has 32 heavy (non-hydrogen) atoms. The van der Waals surface area contributed by atoms with Crippen LogP contribution in [0, 0.1) is 0 Å². The van der Waals surface area contributed by atoms with E-state index in [1.54, 1.807) is 40.2 Å². The van der Waals surface area contributed by atoms with Crippen molar-refractivity contribution in [2.24, 2.45) is 0 Å². The molecular formula is C23H22N6O3. The van der Waals surface area contributed by atoms with Crippen LogP contribution in [-0.2, 0) is 16.1 Å². The number of fused-ring (bicyclic) bond motifs is 3. The van der Waals surface area contributed by atoms with Crippen LogP contribution in [0.25, 0.3) is 0 Å². The number of anilines is 2. The van der Waals surface area contributed by atoms with Gasteiger partial charge < -0.3 is 4.90 Å². The zero-order valence-electron chi connectivity index (χ0n) is 17.6. The van der Waals surface area contributed by atoms with Gasteiger partial charge >= 0.3 is 0 Å². The maximum atomic E-state index is 13.2. The number of para-hydroxylation sites is 1. The lowest BCUT2D eigenvalue weighted by molar-refractivity contribution is -0.120. The monoisotopic (exact) mass is 430 g/mol. The average molecular weight is 430 g/mol. The molecule has 0 spiro atoms. The second-order valence-electron chi connectivity index (χ2n) is 8.15. The van der Waals surface area contributed by atoms with Crippen LogP contribution < -0.4 is 10.2 Å². The third-order valence-electron chi connectivity index (χ3n) is 6.02. The van der Waals surface area contributed by atoms with Gasteiger partial charge in [-0.2, -0.15) is 0 Å². The normalized spacial score (nSPS) is 19.7. The van der Waals surface area contributed by atoms with E-state index in [-0.39, 0.29) is 24.3 Å². The van der Waals surface area contributed by atoms with Crippen LogP contribution in [0.5, 0.6) is 0 Å². The molecule has 3 aromatic rings. The van der Waals surface area contributed by atoms with Crippen LogP contribution in [0.1, 0.15) is 35.7 Å². The summed E-state index contributed by atoms with van der Waals surface area (Å²) in [6, 6.07) is 16.8. The predicted molar refractivity (Wildman–Crippen MR) is 117 cm³/mol. The number of nitrogens with zero attached hydrogens (tertiary/aromatic N) is 5. The molecular weight excluding hydrogens is 408 g/mol. The summed E-state index contributed by atoms with van der Waals surface area (Å²) in [7, 11) is 0. The third-order valence-corrected chi connectivity index (χ3v) is 6.02. The van der Waals surface area contributed by atoms with E-state index in [9.17, 15) is 14.4 Å². The third kappa shape index (κ3) is 3.31. The van der Waals surface area contributed by atoms with Crippen molar-refractivity contribution >= 4 is 29.4 Å². The van der Waals surface area contributed by atoms with Crippen LogP contribution in [0.15, 0.2) is 60.9 Å². The molecule has 1 atom stereocenters. The molecule has 3 heterocycles. The minimum absolute atomic E-state index is 0.0563. The van der Waals surface area contributed by atoms with E-state index >= 15 is 0 Å². The molecule has 9 nitrogen and oxygen atoms in total. The molecule has 162 valence electrons. The van der Waals surface area contributed by atoms with Crippen molar-refractivity contribution in [1.82, 2.24) is 19.7 Å². The number of nitrogens with one attached hydrogen (secondary N) is 1. The van der Waals surface area contributed by atoms with E-state index in [1.165, 1.54) is 4.90 Å². The summed E-state index contributed by atoms with van der Waals surface area (Å²) in [4.78, 5) is 45.9. The summed E-state index contributed by atoms with van der Waals surface area (Å²) in [5.74, 6) is -0.582. The van der Waals surface area contributed by atoms with Gasteiger partial charge in [-0.3, -0.25) is 24.6 Å². The standard InChI is InChI=1S/C23H22N6O3/c1-23-12-11-20(31)29(23)18-10-6-5-9-17(18)21(32)28(23)14-19(30)25-22-24-15-27(26-22)13-16-7-3-2-4-8-16/h2-10,15H,11-14H2,1H3,(H,25,26,30). The number of hydrogen-bond acceptors (Lipinski definition) is 5. The summed E-state index contributed by atoms with van der Waals surface area (Å²) in [5, 5.41) is 6.96. The van der Waals surface area contributed by atoms with E-state index in [0.29, 0.717) is 30.6 Å². The number of carbonyl (C=O) groups excluding carboxylic acids is 3. The first-order chi connectivity index (χ1) is 15.5. The van der Waals surface area contributed by atoms with E-state index in [0.717, 1.165) is 5.56 Å². The minimum Gasteiger partial charge on any atom is -0.306 e. The van der Waals surface area contributed by atoms with Crippen LogP contribution in [-0.4, -0.2) is 49.6 Å². The SMILES string of the molecule is CC12CCC(=O)N1c1ccccc1C(=O)N2CC(=O)Nc1ncn(Cc2ccccc2)n1. The minimum atomic E-state index is -0.889. The van der Waals surface area contributed by atoms with Crippen molar-refractivity contribution in [2.45, 2.75) is 32.0 Å². The molecule has 0 aliphatic carbocycles. The summed E-state index contributed by atoms with van der Waals surface area (Å²) >= 11 is 0. The molecule has 2 aliphatic rings. The fraction of sp³-hybridized carbons (Fsp3) is 0.261. The van der Waals surface area contributed by atoms with Crippen LogP contribution in [0.3, 0.4) is 0 Å². The number of hydrogen-bond donors (Lipinski definition) is 1. The molecule has 5 rings (SSSR count). The highest BCUT2D eigenvalue weighted by Crippen LogP contribution is 2.43. The lowest BCUT2D eigenvalue weighted by Gasteiger charge is -2.48. The summed E-state index contributed by atoms with van der Waals surface area (Å²) in [6.45, 7) is 2.15. The van der Waals surface area contributed by atoms with Gasteiger partial charge in [-0.1, -0.05) is 42.5 Å². The van der Waals surface area contributed by atoms with Crippen molar-refractivity contribution in [3.8, 4) is 0 Å². The lowest BCUT2D eigenvalue weighted by atomic mass is 9.98. The lowest BCUT2D eigenvalue weighted by Crippen LogP contribution is -2.63. The van der Waals surface area contributed by atoms with Gasteiger partial charge in [0.05, 0.1) is 17.8 Å². The first-order valence-corrected chi connectivity index (χ1v) is 10.4. The highest BCUT2D eigenvalue weighted by Gasteiger charge is 2.53. The quantitative estimate of drug-likeness (QED) is 0.669. The molecule has 1 fully saturated rings. The van der Waals surface area contributed by atoms with Crippen molar-refractivity contribution in [1.29, 1.82) is 0 Å². The van der Waals surface area contributed by atoms with Crippen molar-refractivity contribution < 1.29 is 14.4 Å². The van der Waals surface area contributed by atoms with Crippen molar-refractivity contribution in [2.75, 3.05) is 16.8 Å². The van der Waals surface area contributed by atoms with Crippen molar-refractivity contribution in [3.63, 3.8) is 0 Å². The Morgan fingerprint density at radius 3 is 2.66 bits per heavy atom. The number of aromatic nitrogens is 3. The molecule has 2 aliphatic heterocycles. The smallest absolute Gasteiger partial charge is 0.258 e. The molecule has 0 saturated carbocycles. The van der Waals surface area contributed by atoms with Gasteiger partial charge in [0.15, 0.2) is 0 Å². The number of rotatable bonds is 5. The van der Waals surface area contributed by atoms with E-state index in [4.69, 9.17) is 0 Å². The van der Waals surface area contributed by atoms with Crippen LogP contribution in [0.2, 0.25) is 0 Å². The molecule has 0 bridgehead atoms. The molecule has 2 aromatic carbocycles. The zero-order valence-corrected chi connectivity index (χ0v) is 17.6. The fourth-order valence-corrected chi connectivity index (χ4v) is 4.45. The Morgan fingerprint density at radius 2 is 1.84 bits per heavy atom. The van der Waals surface area contributed by atoms with Gasteiger partial charge in [0, 0.05) is 6.42 Å². The van der Waals surface area contributed by atoms with Crippen LogP contribution in [0.4, 0.5) is 11.6 Å². The molecule has 1 aromatic heterocycles. The molecule has 9 heteroatoms. The Labute approximate surface area is 184 Å². The Hall–Kier alpha value is -4.01. The van der Waals surface area contributed by atoms with E-state index < -0.39 is 11.6 Å². The second-order valence-corrected chi connectivity index (χ2v) is 8.15.